The van der Waals surface area contributed by atoms with Gasteiger partial charge < -0.3 is 10.1 Å². The van der Waals surface area contributed by atoms with E-state index in [1.165, 1.54) is 5.56 Å². The number of ether oxygens (including phenoxy) is 1. The fourth-order valence-electron chi connectivity index (χ4n) is 1.97. The summed E-state index contributed by atoms with van der Waals surface area (Å²) >= 11 is 0. The molecule has 2 rings (SSSR count). The highest BCUT2D eigenvalue weighted by atomic mass is 16.5. The molecule has 0 radical (unpaired) electrons. The number of anilines is 1. The first-order chi connectivity index (χ1) is 9.83. The molecular weight excluding hydrogens is 250 g/mol. The molecule has 20 heavy (non-hydrogen) atoms. The molecule has 0 unspecified atom stereocenters. The van der Waals surface area contributed by atoms with E-state index in [4.69, 9.17) is 10.00 Å². The Morgan fingerprint density at radius 3 is 2.95 bits per heavy atom. The minimum atomic E-state index is 0.442. The first-order valence-corrected chi connectivity index (χ1v) is 6.49. The van der Waals surface area contributed by atoms with Gasteiger partial charge in [-0.2, -0.15) is 5.26 Å². The number of nitriles is 1. The van der Waals surface area contributed by atoms with Gasteiger partial charge in [-0.25, -0.2) is 4.98 Å². The lowest BCUT2D eigenvalue weighted by atomic mass is 10.1. The van der Waals surface area contributed by atoms with Gasteiger partial charge in [-0.05, 0) is 35.7 Å². The van der Waals surface area contributed by atoms with Gasteiger partial charge in [-0.1, -0.05) is 18.2 Å². The van der Waals surface area contributed by atoms with Gasteiger partial charge in [0.1, 0.15) is 11.8 Å². The summed E-state index contributed by atoms with van der Waals surface area (Å²) in [6, 6.07) is 13.9. The van der Waals surface area contributed by atoms with Gasteiger partial charge in [0.05, 0.1) is 6.61 Å². The molecule has 0 aliphatic carbocycles. The van der Waals surface area contributed by atoms with Gasteiger partial charge >= 0.3 is 0 Å². The van der Waals surface area contributed by atoms with Gasteiger partial charge in [0.15, 0.2) is 0 Å². The fourth-order valence-corrected chi connectivity index (χ4v) is 1.97. The summed E-state index contributed by atoms with van der Waals surface area (Å²) in [5.41, 5.74) is 3.80. The lowest BCUT2D eigenvalue weighted by Gasteiger charge is -2.12. The Bertz CT molecular complexity index is 605. The average Bonchev–Trinajstić information content (AvgIpc) is 2.52. The van der Waals surface area contributed by atoms with E-state index in [1.807, 2.05) is 24.3 Å². The lowest BCUT2D eigenvalue weighted by Crippen LogP contribution is -2.04. The molecule has 102 valence electrons. The number of rotatable bonds is 6. The van der Waals surface area contributed by atoms with Gasteiger partial charge in [0.2, 0.25) is 0 Å². The number of nitrogens with zero attached hydrogens (tertiary/aromatic N) is 2. The molecule has 1 N–H and O–H groups in total. The summed E-state index contributed by atoms with van der Waals surface area (Å²) in [6.45, 7) is 1.37. The topological polar surface area (TPSA) is 57.9 Å². The van der Waals surface area contributed by atoms with Crippen molar-refractivity contribution in [1.82, 2.24) is 4.98 Å². The van der Waals surface area contributed by atoms with Crippen LogP contribution in [0.5, 0.6) is 0 Å². The molecular formula is C16H17N3O. The van der Waals surface area contributed by atoms with Crippen LogP contribution in [0.1, 0.15) is 16.8 Å². The van der Waals surface area contributed by atoms with Crippen molar-refractivity contribution < 1.29 is 4.74 Å². The van der Waals surface area contributed by atoms with E-state index in [-0.39, 0.29) is 0 Å². The van der Waals surface area contributed by atoms with Crippen LogP contribution in [0.4, 0.5) is 5.69 Å². The molecule has 0 aliphatic rings. The van der Waals surface area contributed by atoms with Crippen molar-refractivity contribution in [2.24, 2.45) is 0 Å². The number of hydrogen-bond acceptors (Lipinski definition) is 4. The minimum Gasteiger partial charge on any atom is -0.384 e. The van der Waals surface area contributed by atoms with Crippen LogP contribution in [-0.2, 0) is 17.7 Å². The highest BCUT2D eigenvalue weighted by Crippen LogP contribution is 2.17. The molecule has 0 spiro atoms. The van der Waals surface area contributed by atoms with Crippen LogP contribution in [0, 0.1) is 11.3 Å². The molecule has 0 amide bonds. The number of nitrogens with one attached hydrogen (secondary N) is 1. The van der Waals surface area contributed by atoms with E-state index < -0.39 is 0 Å². The van der Waals surface area contributed by atoms with Gasteiger partial charge in [-0.3, -0.25) is 0 Å². The maximum atomic E-state index is 8.84. The average molecular weight is 267 g/mol. The predicted molar refractivity (Wildman–Crippen MR) is 78.3 cm³/mol. The lowest BCUT2D eigenvalue weighted by molar-refractivity contribution is 0.202. The number of methoxy groups -OCH3 is 1. The van der Waals surface area contributed by atoms with Crippen LogP contribution in [0.2, 0.25) is 0 Å². The normalized spacial score (nSPS) is 10.0. The molecule has 0 bridgehead atoms. The molecule has 0 fully saturated rings. The second-order valence-electron chi connectivity index (χ2n) is 4.41. The first kappa shape index (κ1) is 14.0. The Balaban J connectivity index is 2.05. The number of para-hydroxylation sites is 1. The maximum absolute atomic E-state index is 8.84. The zero-order chi connectivity index (χ0) is 14.2. The first-order valence-electron chi connectivity index (χ1n) is 6.49. The van der Waals surface area contributed by atoms with E-state index in [1.54, 1.807) is 19.4 Å². The van der Waals surface area contributed by atoms with E-state index in [9.17, 15) is 0 Å². The molecule has 4 heteroatoms. The van der Waals surface area contributed by atoms with E-state index in [0.717, 1.165) is 17.7 Å². The SMILES string of the molecule is COCCc1ccccc1NCc1ccnc(C#N)c1. The zero-order valence-corrected chi connectivity index (χ0v) is 11.5. The Kier molecular flexibility index (Phi) is 5.10. The molecule has 1 aromatic heterocycles. The van der Waals surface area contributed by atoms with Crippen molar-refractivity contribution in [1.29, 1.82) is 5.26 Å². The quantitative estimate of drug-likeness (QED) is 0.874. The van der Waals surface area contributed by atoms with Crippen molar-refractivity contribution >= 4 is 5.69 Å². The number of pyridine rings is 1. The van der Waals surface area contributed by atoms with E-state index >= 15 is 0 Å². The molecule has 1 heterocycles. The summed E-state index contributed by atoms with van der Waals surface area (Å²) in [5.74, 6) is 0. The third-order valence-electron chi connectivity index (χ3n) is 3.01. The third kappa shape index (κ3) is 3.81. The second-order valence-corrected chi connectivity index (χ2v) is 4.41. The number of hydrogen-bond donors (Lipinski definition) is 1. The van der Waals surface area contributed by atoms with Gasteiger partial charge in [-0.15, -0.1) is 0 Å². The molecule has 4 nitrogen and oxygen atoms in total. The summed E-state index contributed by atoms with van der Waals surface area (Å²) in [5, 5.41) is 12.2. The van der Waals surface area contributed by atoms with Crippen molar-refractivity contribution in [2.45, 2.75) is 13.0 Å². The largest absolute Gasteiger partial charge is 0.384 e. The van der Waals surface area contributed by atoms with Crippen LogP contribution < -0.4 is 5.32 Å². The summed E-state index contributed by atoms with van der Waals surface area (Å²) in [4.78, 5) is 3.97. The molecule has 0 aliphatic heterocycles. The summed E-state index contributed by atoms with van der Waals surface area (Å²) in [7, 11) is 1.70. The molecule has 0 saturated carbocycles. The van der Waals surface area contributed by atoms with Crippen molar-refractivity contribution in [3.8, 4) is 6.07 Å². The Hall–Kier alpha value is -2.38. The smallest absolute Gasteiger partial charge is 0.140 e. The standard InChI is InChI=1S/C16H17N3O/c1-20-9-7-14-4-2-3-5-16(14)19-12-13-6-8-18-15(10-13)11-17/h2-6,8,10,19H,7,9,12H2,1H3. The van der Waals surface area contributed by atoms with Crippen molar-refractivity contribution in [3.05, 3.63) is 59.4 Å². The highest BCUT2D eigenvalue weighted by molar-refractivity contribution is 5.51. The Morgan fingerprint density at radius 2 is 2.15 bits per heavy atom. The minimum absolute atomic E-state index is 0.442. The number of benzene rings is 1. The van der Waals surface area contributed by atoms with E-state index in [0.29, 0.717) is 18.8 Å². The van der Waals surface area contributed by atoms with Crippen LogP contribution in [-0.4, -0.2) is 18.7 Å². The molecule has 0 saturated heterocycles. The Morgan fingerprint density at radius 1 is 1.30 bits per heavy atom. The fraction of sp³-hybridized carbons (Fsp3) is 0.250. The van der Waals surface area contributed by atoms with Crippen LogP contribution in [0.25, 0.3) is 0 Å². The van der Waals surface area contributed by atoms with Crippen molar-refractivity contribution in [3.63, 3.8) is 0 Å². The van der Waals surface area contributed by atoms with Crippen LogP contribution >= 0.6 is 0 Å². The summed E-state index contributed by atoms with van der Waals surface area (Å²) in [6.07, 6.45) is 2.53. The van der Waals surface area contributed by atoms with Crippen LogP contribution in [0.15, 0.2) is 42.6 Å². The maximum Gasteiger partial charge on any atom is 0.140 e. The molecule has 2 aromatic rings. The summed E-state index contributed by atoms with van der Waals surface area (Å²) < 4.78 is 5.12. The van der Waals surface area contributed by atoms with Gasteiger partial charge in [0.25, 0.3) is 0 Å². The Labute approximate surface area is 119 Å². The predicted octanol–water partition coefficient (Wildman–Crippen LogP) is 2.75. The second kappa shape index (κ2) is 7.27. The zero-order valence-electron chi connectivity index (χ0n) is 11.5. The third-order valence-corrected chi connectivity index (χ3v) is 3.01. The van der Waals surface area contributed by atoms with Gasteiger partial charge in [0, 0.05) is 25.5 Å². The van der Waals surface area contributed by atoms with Crippen LogP contribution in [0.3, 0.4) is 0 Å². The molecule has 1 aromatic carbocycles. The van der Waals surface area contributed by atoms with Crippen molar-refractivity contribution in [2.75, 3.05) is 19.0 Å². The highest BCUT2D eigenvalue weighted by Gasteiger charge is 2.02. The number of aromatic nitrogens is 1. The monoisotopic (exact) mass is 267 g/mol. The van der Waals surface area contributed by atoms with E-state index in [2.05, 4.69) is 22.4 Å². The molecule has 0 atom stereocenters.